The molecule has 0 aromatic carbocycles. The second-order valence-electron chi connectivity index (χ2n) is 6.77. The van der Waals surface area contributed by atoms with Crippen LogP contribution < -0.4 is 10.6 Å². The third kappa shape index (κ3) is 7.97. The highest BCUT2D eigenvalue weighted by Gasteiger charge is 2.26. The maximum atomic E-state index is 12.1. The predicted molar refractivity (Wildman–Crippen MR) is 129 cm³/mol. The lowest BCUT2D eigenvalue weighted by atomic mass is 9.95. The van der Waals surface area contributed by atoms with Crippen molar-refractivity contribution in [2.45, 2.75) is 77.5 Å². The minimum Gasteiger partial charge on any atom is -0.357 e. The topological polar surface area (TPSA) is 66.4 Å². The number of halogens is 1. The highest BCUT2D eigenvalue weighted by Crippen LogP contribution is 2.23. The molecule has 0 amide bonds. The molecule has 0 saturated heterocycles. The van der Waals surface area contributed by atoms with Crippen LogP contribution in [0.2, 0.25) is 0 Å². The second kappa shape index (κ2) is 13.1. The molecule has 1 heterocycles. The molecule has 2 rings (SSSR count). The Morgan fingerprint density at radius 2 is 2.11 bits per heavy atom. The molecule has 1 fully saturated rings. The van der Waals surface area contributed by atoms with Crippen LogP contribution in [0.1, 0.15) is 62.0 Å². The third-order valence-corrected chi connectivity index (χ3v) is 7.65. The van der Waals surface area contributed by atoms with Crippen LogP contribution in [0, 0.1) is 6.92 Å². The van der Waals surface area contributed by atoms with Crippen molar-refractivity contribution < 1.29 is 4.21 Å². The van der Waals surface area contributed by atoms with E-state index in [1.54, 1.807) is 11.3 Å². The molecule has 3 atom stereocenters. The van der Waals surface area contributed by atoms with Crippen LogP contribution in [0.5, 0.6) is 0 Å². The molecule has 5 nitrogen and oxygen atoms in total. The first-order valence-electron chi connectivity index (χ1n) is 9.94. The Hall–Kier alpha value is -0.220. The van der Waals surface area contributed by atoms with E-state index in [4.69, 9.17) is 9.98 Å². The van der Waals surface area contributed by atoms with E-state index in [1.807, 2.05) is 6.92 Å². The molecule has 27 heavy (non-hydrogen) atoms. The predicted octanol–water partition coefficient (Wildman–Crippen LogP) is 3.81. The molecule has 8 heteroatoms. The third-order valence-electron chi connectivity index (χ3n) is 4.83. The summed E-state index contributed by atoms with van der Waals surface area (Å²) in [5.74, 6) is 1.64. The van der Waals surface area contributed by atoms with Gasteiger partial charge in [-0.25, -0.2) is 4.98 Å². The Labute approximate surface area is 188 Å². The van der Waals surface area contributed by atoms with Gasteiger partial charge in [0.15, 0.2) is 5.96 Å². The van der Waals surface area contributed by atoms with Crippen molar-refractivity contribution in [3.05, 3.63) is 15.6 Å². The van der Waals surface area contributed by atoms with Crippen molar-refractivity contribution in [2.24, 2.45) is 4.99 Å². The lowest BCUT2D eigenvalue weighted by Gasteiger charge is -2.30. The highest BCUT2D eigenvalue weighted by atomic mass is 127. The number of thiazole rings is 1. The molecular weight excluding hydrogens is 491 g/mol. The van der Waals surface area contributed by atoms with E-state index in [0.717, 1.165) is 63.3 Å². The van der Waals surface area contributed by atoms with Crippen molar-refractivity contribution in [3.8, 4) is 0 Å². The number of nitrogens with zero attached hydrogens (tertiary/aromatic N) is 2. The van der Waals surface area contributed by atoms with Gasteiger partial charge >= 0.3 is 0 Å². The molecule has 0 spiro atoms. The monoisotopic (exact) mass is 526 g/mol. The second-order valence-corrected chi connectivity index (χ2v) is 10.1. The maximum absolute atomic E-state index is 12.1. The molecule has 1 aliphatic carbocycles. The van der Waals surface area contributed by atoms with Crippen molar-refractivity contribution in [1.29, 1.82) is 0 Å². The normalized spacial score (nSPS) is 21.4. The summed E-state index contributed by atoms with van der Waals surface area (Å²) in [4.78, 5) is 10.8. The fraction of sp³-hybridized carbons (Fsp3) is 0.789. The van der Waals surface area contributed by atoms with E-state index in [2.05, 4.69) is 31.4 Å². The number of hydrogen-bond acceptors (Lipinski definition) is 4. The maximum Gasteiger partial charge on any atom is 0.191 e. The average Bonchev–Trinajstić information content (AvgIpc) is 3.01. The van der Waals surface area contributed by atoms with Crippen LogP contribution in [0.15, 0.2) is 4.99 Å². The van der Waals surface area contributed by atoms with Crippen molar-refractivity contribution in [3.63, 3.8) is 0 Å². The van der Waals surface area contributed by atoms with E-state index in [-0.39, 0.29) is 24.0 Å². The zero-order chi connectivity index (χ0) is 18.9. The number of hydrogen-bond donors (Lipinski definition) is 2. The summed E-state index contributed by atoms with van der Waals surface area (Å²) in [6.07, 6.45) is 6.23. The SMILES string of the molecule is CCNC(=NCCc1nc(CC)c(C)s1)NC1CCCC(S(=O)CC)C1.I. The Balaban J connectivity index is 0.00000364. The fourth-order valence-electron chi connectivity index (χ4n) is 3.45. The molecule has 156 valence electrons. The molecule has 1 aromatic heterocycles. The summed E-state index contributed by atoms with van der Waals surface area (Å²) in [5, 5.41) is 8.42. The van der Waals surface area contributed by atoms with Gasteiger partial charge in [0, 0.05) is 52.2 Å². The first-order valence-corrected chi connectivity index (χ1v) is 12.1. The van der Waals surface area contributed by atoms with Gasteiger partial charge in [0.05, 0.1) is 10.7 Å². The summed E-state index contributed by atoms with van der Waals surface area (Å²) in [6, 6.07) is 0.371. The van der Waals surface area contributed by atoms with Gasteiger partial charge < -0.3 is 10.6 Å². The molecule has 2 N–H and O–H groups in total. The van der Waals surface area contributed by atoms with Crippen molar-refractivity contribution in [1.82, 2.24) is 15.6 Å². The quantitative estimate of drug-likeness (QED) is 0.307. The van der Waals surface area contributed by atoms with E-state index in [1.165, 1.54) is 15.6 Å². The van der Waals surface area contributed by atoms with Crippen LogP contribution in [0.4, 0.5) is 0 Å². The largest absolute Gasteiger partial charge is 0.357 e. The Bertz CT molecular complexity index is 621. The minimum absolute atomic E-state index is 0. The fourth-order valence-corrected chi connectivity index (χ4v) is 5.81. The molecule has 0 bridgehead atoms. The standard InChI is InChI=1S/C19H34N4OS2.HI/c1-5-17-14(4)25-18(23-17)11-12-21-19(20-6-2)22-15-9-8-10-16(13-15)26(24)7-3;/h15-16H,5-13H2,1-4H3,(H2,20,21,22);1H. The molecular formula is C19H35IN4OS2. The Morgan fingerprint density at radius 3 is 2.74 bits per heavy atom. The van der Waals surface area contributed by atoms with Gasteiger partial charge in [-0.05, 0) is 39.5 Å². The zero-order valence-corrected chi connectivity index (χ0v) is 21.0. The van der Waals surface area contributed by atoms with Crippen LogP contribution in [-0.4, -0.2) is 45.3 Å². The van der Waals surface area contributed by atoms with Crippen LogP contribution >= 0.6 is 35.3 Å². The van der Waals surface area contributed by atoms with Crippen LogP contribution in [-0.2, 0) is 23.6 Å². The van der Waals surface area contributed by atoms with Gasteiger partial charge in [-0.3, -0.25) is 9.20 Å². The van der Waals surface area contributed by atoms with Gasteiger partial charge in [-0.1, -0.05) is 20.3 Å². The number of aromatic nitrogens is 1. The average molecular weight is 527 g/mol. The first kappa shape index (κ1) is 24.8. The number of aryl methyl sites for hydroxylation is 2. The number of aliphatic imine (C=N–C) groups is 1. The number of nitrogens with one attached hydrogen (secondary N) is 2. The summed E-state index contributed by atoms with van der Waals surface area (Å²) < 4.78 is 12.1. The van der Waals surface area contributed by atoms with Crippen molar-refractivity contribution in [2.75, 3.05) is 18.8 Å². The number of guanidine groups is 1. The number of rotatable bonds is 8. The van der Waals surface area contributed by atoms with E-state index in [9.17, 15) is 4.21 Å². The van der Waals surface area contributed by atoms with Gasteiger partial charge in [0.1, 0.15) is 0 Å². The first-order chi connectivity index (χ1) is 12.6. The molecule has 3 unspecified atom stereocenters. The van der Waals surface area contributed by atoms with E-state index in [0.29, 0.717) is 11.3 Å². The van der Waals surface area contributed by atoms with Gasteiger partial charge in [-0.2, -0.15) is 0 Å². The Morgan fingerprint density at radius 1 is 1.33 bits per heavy atom. The molecule has 0 radical (unpaired) electrons. The molecule has 1 aliphatic rings. The zero-order valence-electron chi connectivity index (χ0n) is 17.0. The van der Waals surface area contributed by atoms with Crippen LogP contribution in [0.25, 0.3) is 0 Å². The van der Waals surface area contributed by atoms with Crippen molar-refractivity contribution >= 4 is 52.1 Å². The summed E-state index contributed by atoms with van der Waals surface area (Å²) in [5.41, 5.74) is 1.22. The smallest absolute Gasteiger partial charge is 0.191 e. The molecule has 1 aromatic rings. The van der Waals surface area contributed by atoms with E-state index >= 15 is 0 Å². The summed E-state index contributed by atoms with van der Waals surface area (Å²) in [6.45, 7) is 9.99. The summed E-state index contributed by atoms with van der Waals surface area (Å²) >= 11 is 1.79. The minimum atomic E-state index is -0.691. The molecule has 1 saturated carbocycles. The van der Waals surface area contributed by atoms with Gasteiger partial charge in [0.25, 0.3) is 0 Å². The molecule has 0 aliphatic heterocycles. The van der Waals surface area contributed by atoms with Gasteiger partial charge in [0.2, 0.25) is 0 Å². The lowest BCUT2D eigenvalue weighted by molar-refractivity contribution is 0.413. The highest BCUT2D eigenvalue weighted by molar-refractivity contribution is 14.0. The lowest BCUT2D eigenvalue weighted by Crippen LogP contribution is -2.46. The van der Waals surface area contributed by atoms with Gasteiger partial charge in [-0.15, -0.1) is 35.3 Å². The Kier molecular flexibility index (Phi) is 12.0. The summed E-state index contributed by atoms with van der Waals surface area (Å²) in [7, 11) is -0.691. The van der Waals surface area contributed by atoms with E-state index < -0.39 is 10.8 Å². The van der Waals surface area contributed by atoms with Crippen LogP contribution in [0.3, 0.4) is 0 Å².